The number of allylic oxidation sites excluding steroid dienone is 2. The van der Waals surface area contributed by atoms with Gasteiger partial charge in [-0.15, -0.1) is 0 Å². The van der Waals surface area contributed by atoms with Gasteiger partial charge in [0.25, 0.3) is 0 Å². The molecule has 134 valence electrons. The second kappa shape index (κ2) is 9.96. The van der Waals surface area contributed by atoms with Crippen LogP contribution in [0.4, 0.5) is 0 Å². The molecule has 0 unspecified atom stereocenters. The molecule has 2 rings (SSSR count). The molecule has 2 aromatic rings. The molecule has 0 aliphatic heterocycles. The number of hydrogen-bond donors (Lipinski definition) is 1. The van der Waals surface area contributed by atoms with Crippen molar-refractivity contribution < 1.29 is 24.2 Å². The second-order valence-corrected chi connectivity index (χ2v) is 5.29. The molecule has 0 heterocycles. The van der Waals surface area contributed by atoms with Crippen LogP contribution in [-0.2, 0) is 19.1 Å². The van der Waals surface area contributed by atoms with Crippen molar-refractivity contribution in [1.29, 1.82) is 0 Å². The number of aliphatic hydroxyl groups is 1. The first kappa shape index (κ1) is 19.1. The molecule has 2 aromatic carbocycles. The minimum Gasteiger partial charge on any atom is -0.460 e. The Balaban J connectivity index is 2.54. The molecule has 0 saturated carbocycles. The van der Waals surface area contributed by atoms with Crippen molar-refractivity contribution >= 4 is 23.3 Å². The quantitative estimate of drug-likeness (QED) is 0.272. The third-order valence-corrected chi connectivity index (χ3v) is 3.33. The molecule has 0 fully saturated rings. The number of esters is 2. The van der Waals surface area contributed by atoms with E-state index in [2.05, 4.69) is 0 Å². The number of ether oxygens (including phenoxy) is 2. The maximum Gasteiger partial charge on any atom is 0.330 e. The van der Waals surface area contributed by atoms with Crippen LogP contribution in [-0.4, -0.2) is 30.3 Å². The molecule has 0 bridgehead atoms. The molecule has 0 saturated heterocycles. The fourth-order valence-electron chi connectivity index (χ4n) is 2.27. The minimum absolute atomic E-state index is 0.0803. The zero-order valence-corrected chi connectivity index (χ0v) is 14.4. The highest BCUT2D eigenvalue weighted by Crippen LogP contribution is 2.28. The molecule has 0 atom stereocenters. The topological polar surface area (TPSA) is 72.8 Å². The van der Waals surface area contributed by atoms with Gasteiger partial charge in [0.2, 0.25) is 0 Å². The van der Waals surface area contributed by atoms with Crippen LogP contribution in [0.15, 0.2) is 72.8 Å². The monoisotopic (exact) mass is 352 g/mol. The largest absolute Gasteiger partial charge is 0.460 e. The van der Waals surface area contributed by atoms with Gasteiger partial charge in [-0.2, -0.15) is 0 Å². The van der Waals surface area contributed by atoms with Crippen molar-refractivity contribution in [3.63, 3.8) is 0 Å². The van der Waals surface area contributed by atoms with Gasteiger partial charge in [0.15, 0.2) is 0 Å². The van der Waals surface area contributed by atoms with E-state index in [1.165, 1.54) is 13.0 Å². The molecule has 1 N–H and O–H groups in total. The summed E-state index contributed by atoms with van der Waals surface area (Å²) in [5.41, 5.74) is 2.04. The van der Waals surface area contributed by atoms with Crippen LogP contribution < -0.4 is 0 Å². The van der Waals surface area contributed by atoms with Crippen LogP contribution in [0.1, 0.15) is 18.1 Å². The normalized spacial score (nSPS) is 11.8. The van der Waals surface area contributed by atoms with Crippen molar-refractivity contribution in [2.24, 2.45) is 0 Å². The van der Waals surface area contributed by atoms with Gasteiger partial charge >= 0.3 is 11.9 Å². The summed E-state index contributed by atoms with van der Waals surface area (Å²) < 4.78 is 10.3. The Morgan fingerprint density at radius 2 is 1.50 bits per heavy atom. The number of rotatable bonds is 7. The second-order valence-electron chi connectivity index (χ2n) is 5.29. The number of hydrogen-bond acceptors (Lipinski definition) is 5. The number of benzene rings is 2. The van der Waals surface area contributed by atoms with Crippen molar-refractivity contribution in [3.8, 4) is 0 Å². The molecule has 0 aliphatic carbocycles. The van der Waals surface area contributed by atoms with E-state index in [4.69, 9.17) is 14.6 Å². The van der Waals surface area contributed by atoms with Crippen molar-refractivity contribution in [2.75, 3.05) is 13.2 Å². The third kappa shape index (κ3) is 5.72. The minimum atomic E-state index is -0.595. The summed E-state index contributed by atoms with van der Waals surface area (Å²) in [5.74, 6) is -0.716. The van der Waals surface area contributed by atoms with Crippen LogP contribution in [0.5, 0.6) is 0 Å². The van der Waals surface area contributed by atoms with Crippen molar-refractivity contribution in [3.05, 3.63) is 83.9 Å². The smallest absolute Gasteiger partial charge is 0.330 e. The maximum atomic E-state index is 11.8. The van der Waals surface area contributed by atoms with Crippen molar-refractivity contribution in [1.82, 2.24) is 0 Å². The molecular weight excluding hydrogens is 332 g/mol. The van der Waals surface area contributed by atoms with E-state index in [0.717, 1.165) is 5.56 Å². The van der Waals surface area contributed by atoms with Gasteiger partial charge in [0.1, 0.15) is 12.4 Å². The zero-order valence-electron chi connectivity index (χ0n) is 14.4. The predicted octanol–water partition coefficient (Wildman–Crippen LogP) is 3.21. The molecular formula is C21H20O5. The zero-order chi connectivity index (χ0) is 18.8. The summed E-state index contributed by atoms with van der Waals surface area (Å²) >= 11 is 0. The van der Waals surface area contributed by atoms with E-state index in [1.54, 1.807) is 6.08 Å². The molecule has 0 amide bonds. The number of aliphatic hydroxyl groups excluding tert-OH is 1. The summed E-state index contributed by atoms with van der Waals surface area (Å²) in [5, 5.41) is 8.74. The lowest BCUT2D eigenvalue weighted by atomic mass is 10.00. The van der Waals surface area contributed by atoms with Gasteiger partial charge in [-0.05, 0) is 11.6 Å². The van der Waals surface area contributed by atoms with Crippen molar-refractivity contribution in [2.45, 2.75) is 6.92 Å². The predicted molar refractivity (Wildman–Crippen MR) is 98.6 cm³/mol. The van der Waals surface area contributed by atoms with E-state index in [1.807, 2.05) is 60.7 Å². The van der Waals surface area contributed by atoms with E-state index in [0.29, 0.717) is 16.9 Å². The highest BCUT2D eigenvalue weighted by molar-refractivity contribution is 5.98. The Labute approximate surface area is 152 Å². The fourth-order valence-corrected chi connectivity index (χ4v) is 2.27. The average molecular weight is 352 g/mol. The highest BCUT2D eigenvalue weighted by Gasteiger charge is 2.14. The van der Waals surface area contributed by atoms with Crippen LogP contribution in [0, 0.1) is 0 Å². The molecule has 5 heteroatoms. The van der Waals surface area contributed by atoms with E-state index in [9.17, 15) is 9.59 Å². The first-order chi connectivity index (χ1) is 12.6. The number of carbonyl (C=O) groups excluding carboxylic acids is 2. The highest BCUT2D eigenvalue weighted by atomic mass is 16.5. The molecule has 0 aromatic heterocycles. The summed E-state index contributed by atoms with van der Waals surface area (Å²) in [6, 6.07) is 18.4. The summed E-state index contributed by atoms with van der Waals surface area (Å²) in [6.45, 7) is 0.998. The summed E-state index contributed by atoms with van der Waals surface area (Å²) in [4.78, 5) is 23.4. The molecule has 0 radical (unpaired) electrons. The van der Waals surface area contributed by atoms with E-state index < -0.39 is 11.9 Å². The number of carbonyl (C=O) groups is 2. The SMILES string of the molecule is CC(=O)O/C(=C(/C=C/C(=O)OCCO)c1ccccc1)c1ccccc1. The Hall–Kier alpha value is -3.18. The summed E-state index contributed by atoms with van der Waals surface area (Å²) in [6.07, 6.45) is 2.78. The van der Waals surface area contributed by atoms with Gasteiger partial charge in [0, 0.05) is 24.1 Å². The Morgan fingerprint density at radius 1 is 0.923 bits per heavy atom. The maximum absolute atomic E-state index is 11.8. The third-order valence-electron chi connectivity index (χ3n) is 3.33. The van der Waals surface area contributed by atoms with E-state index in [-0.39, 0.29) is 13.2 Å². The standard InChI is InChI=1S/C21H20O5/c1-16(23)26-21(18-10-6-3-7-11-18)19(17-8-4-2-5-9-17)12-13-20(24)25-15-14-22/h2-13,22H,14-15H2,1H3/b13-12+,21-19-. The Kier molecular flexibility index (Phi) is 7.33. The Morgan fingerprint density at radius 3 is 2.04 bits per heavy atom. The lowest BCUT2D eigenvalue weighted by molar-refractivity contribution is -0.138. The molecule has 0 aliphatic rings. The van der Waals surface area contributed by atoms with Gasteiger partial charge in [0.05, 0.1) is 6.61 Å². The van der Waals surface area contributed by atoms with Crippen LogP contribution in [0.25, 0.3) is 11.3 Å². The van der Waals surface area contributed by atoms with Gasteiger partial charge < -0.3 is 14.6 Å². The van der Waals surface area contributed by atoms with Crippen LogP contribution in [0.2, 0.25) is 0 Å². The molecule has 5 nitrogen and oxygen atoms in total. The first-order valence-electron chi connectivity index (χ1n) is 8.11. The first-order valence-corrected chi connectivity index (χ1v) is 8.11. The molecule has 26 heavy (non-hydrogen) atoms. The van der Waals surface area contributed by atoms with Gasteiger partial charge in [-0.25, -0.2) is 4.79 Å². The van der Waals surface area contributed by atoms with Crippen LogP contribution in [0.3, 0.4) is 0 Å². The summed E-state index contributed by atoms with van der Waals surface area (Å²) in [7, 11) is 0. The van der Waals surface area contributed by atoms with Crippen LogP contribution >= 0.6 is 0 Å². The van der Waals surface area contributed by atoms with Gasteiger partial charge in [-0.3, -0.25) is 4.79 Å². The van der Waals surface area contributed by atoms with Gasteiger partial charge in [-0.1, -0.05) is 60.7 Å². The fraction of sp³-hybridized carbons (Fsp3) is 0.143. The lowest BCUT2D eigenvalue weighted by Gasteiger charge is -2.13. The molecule has 0 spiro atoms. The Bertz CT molecular complexity index is 792. The lowest BCUT2D eigenvalue weighted by Crippen LogP contribution is -2.06. The van der Waals surface area contributed by atoms with E-state index >= 15 is 0 Å². The average Bonchev–Trinajstić information content (AvgIpc) is 2.67.